The third-order valence-corrected chi connectivity index (χ3v) is 5.86. The lowest BCUT2D eigenvalue weighted by Gasteiger charge is -2.28. The SMILES string of the molecule is COc1ccc(C[C@H](NC(=O)OC(C)(C)C)C(=O)N2CCCN(C(=O)OCc3ccccc3)CC2)cc1. The number of hydrogen-bond acceptors (Lipinski definition) is 6. The van der Waals surface area contributed by atoms with Crippen molar-refractivity contribution in [1.29, 1.82) is 0 Å². The van der Waals surface area contributed by atoms with Gasteiger partial charge in [-0.25, -0.2) is 9.59 Å². The quantitative estimate of drug-likeness (QED) is 0.604. The van der Waals surface area contributed by atoms with Gasteiger partial charge >= 0.3 is 12.2 Å². The maximum Gasteiger partial charge on any atom is 0.410 e. The van der Waals surface area contributed by atoms with Crippen molar-refractivity contribution < 1.29 is 28.6 Å². The van der Waals surface area contributed by atoms with Gasteiger partial charge in [0.1, 0.15) is 24.0 Å². The minimum Gasteiger partial charge on any atom is -0.497 e. The number of nitrogens with one attached hydrogen (secondary N) is 1. The molecule has 1 atom stereocenters. The second-order valence-electron chi connectivity index (χ2n) is 9.96. The van der Waals surface area contributed by atoms with E-state index in [9.17, 15) is 14.4 Å². The Morgan fingerprint density at radius 1 is 0.892 bits per heavy atom. The molecule has 9 heteroatoms. The normalized spacial score (nSPS) is 14.8. The molecule has 0 aliphatic carbocycles. The van der Waals surface area contributed by atoms with Gasteiger partial charge in [0.15, 0.2) is 0 Å². The first-order valence-corrected chi connectivity index (χ1v) is 12.5. The van der Waals surface area contributed by atoms with Crippen molar-refractivity contribution in [2.75, 3.05) is 33.3 Å². The van der Waals surface area contributed by atoms with Crippen molar-refractivity contribution in [1.82, 2.24) is 15.1 Å². The summed E-state index contributed by atoms with van der Waals surface area (Å²) in [5, 5.41) is 2.75. The van der Waals surface area contributed by atoms with Crippen LogP contribution in [0, 0.1) is 0 Å². The molecular weight excluding hydrogens is 474 g/mol. The summed E-state index contributed by atoms with van der Waals surface area (Å²) in [5.41, 5.74) is 1.09. The molecule has 9 nitrogen and oxygen atoms in total. The third kappa shape index (κ3) is 9.00. The summed E-state index contributed by atoms with van der Waals surface area (Å²) in [7, 11) is 1.59. The fourth-order valence-electron chi connectivity index (χ4n) is 4.00. The van der Waals surface area contributed by atoms with Crippen LogP contribution in [0.1, 0.15) is 38.3 Å². The van der Waals surface area contributed by atoms with Crippen molar-refractivity contribution in [2.24, 2.45) is 0 Å². The predicted molar refractivity (Wildman–Crippen MR) is 139 cm³/mol. The van der Waals surface area contributed by atoms with E-state index in [1.807, 2.05) is 54.6 Å². The zero-order chi connectivity index (χ0) is 26.8. The number of carbonyl (C=O) groups is 3. The van der Waals surface area contributed by atoms with E-state index in [0.717, 1.165) is 11.1 Å². The van der Waals surface area contributed by atoms with Crippen molar-refractivity contribution in [3.05, 3.63) is 65.7 Å². The number of benzene rings is 2. The fraction of sp³-hybridized carbons (Fsp3) is 0.464. The van der Waals surface area contributed by atoms with Crippen LogP contribution in [0.15, 0.2) is 54.6 Å². The summed E-state index contributed by atoms with van der Waals surface area (Å²) in [6.45, 7) is 7.15. The molecule has 3 rings (SSSR count). The van der Waals surface area contributed by atoms with Crippen LogP contribution in [-0.2, 0) is 27.3 Å². The molecule has 0 radical (unpaired) electrons. The lowest BCUT2D eigenvalue weighted by molar-refractivity contribution is -0.133. The maximum absolute atomic E-state index is 13.6. The lowest BCUT2D eigenvalue weighted by Crippen LogP contribution is -2.51. The topological polar surface area (TPSA) is 97.4 Å². The first kappa shape index (κ1) is 27.8. The van der Waals surface area contributed by atoms with Gasteiger partial charge in [-0.2, -0.15) is 0 Å². The fourth-order valence-corrected chi connectivity index (χ4v) is 4.00. The number of hydrogen-bond donors (Lipinski definition) is 1. The zero-order valence-corrected chi connectivity index (χ0v) is 22.1. The molecular formula is C28H37N3O6. The largest absolute Gasteiger partial charge is 0.497 e. The summed E-state index contributed by atoms with van der Waals surface area (Å²) in [4.78, 5) is 42.0. The van der Waals surface area contributed by atoms with Crippen molar-refractivity contribution in [3.8, 4) is 5.75 Å². The monoisotopic (exact) mass is 511 g/mol. The summed E-state index contributed by atoms with van der Waals surface area (Å²) < 4.78 is 16.1. The summed E-state index contributed by atoms with van der Waals surface area (Å²) >= 11 is 0. The van der Waals surface area contributed by atoms with Gasteiger partial charge in [0.25, 0.3) is 0 Å². The molecule has 0 aromatic heterocycles. The first-order valence-electron chi connectivity index (χ1n) is 12.5. The molecule has 0 spiro atoms. The Labute approximate surface area is 218 Å². The average Bonchev–Trinajstić information content (AvgIpc) is 3.13. The summed E-state index contributed by atoms with van der Waals surface area (Å²) in [6, 6.07) is 16.0. The standard InChI is InChI=1S/C28H37N3O6/c1-28(2,3)37-26(33)29-24(19-21-11-13-23(35-4)14-12-21)25(32)30-15-8-16-31(18-17-30)27(34)36-20-22-9-6-5-7-10-22/h5-7,9-14,24H,8,15-20H2,1-4H3,(H,29,33)/t24-/m0/s1. The van der Waals surface area contributed by atoms with Crippen LogP contribution in [0.3, 0.4) is 0 Å². The molecule has 0 unspecified atom stereocenters. The van der Waals surface area contributed by atoms with Gasteiger partial charge in [-0.15, -0.1) is 0 Å². The van der Waals surface area contributed by atoms with E-state index in [4.69, 9.17) is 14.2 Å². The highest BCUT2D eigenvalue weighted by Crippen LogP contribution is 2.16. The Hall–Kier alpha value is -3.75. The Balaban J connectivity index is 1.63. The average molecular weight is 512 g/mol. The van der Waals surface area contributed by atoms with Gasteiger partial charge in [0.05, 0.1) is 7.11 Å². The molecule has 200 valence electrons. The number of alkyl carbamates (subject to hydrolysis) is 1. The molecule has 0 saturated carbocycles. The van der Waals surface area contributed by atoms with Crippen LogP contribution < -0.4 is 10.1 Å². The predicted octanol–water partition coefficient (Wildman–Crippen LogP) is 4.00. The Morgan fingerprint density at radius 2 is 1.54 bits per heavy atom. The Morgan fingerprint density at radius 3 is 2.19 bits per heavy atom. The molecule has 1 saturated heterocycles. The van der Waals surface area contributed by atoms with Gasteiger partial charge in [-0.3, -0.25) is 4.79 Å². The van der Waals surface area contributed by atoms with Crippen molar-refractivity contribution in [3.63, 3.8) is 0 Å². The number of nitrogens with zero attached hydrogens (tertiary/aromatic N) is 2. The molecule has 37 heavy (non-hydrogen) atoms. The molecule has 2 aromatic carbocycles. The van der Waals surface area contributed by atoms with Gasteiger partial charge in [0.2, 0.25) is 5.91 Å². The second kappa shape index (κ2) is 13.0. The molecule has 2 aromatic rings. The van der Waals surface area contributed by atoms with E-state index in [0.29, 0.717) is 44.8 Å². The van der Waals surface area contributed by atoms with Crippen molar-refractivity contribution >= 4 is 18.1 Å². The van der Waals surface area contributed by atoms with E-state index >= 15 is 0 Å². The Bertz CT molecular complexity index is 1040. The number of amides is 3. The number of carbonyl (C=O) groups excluding carboxylic acids is 3. The van der Waals surface area contributed by atoms with Gasteiger partial charge < -0.3 is 29.3 Å². The van der Waals surface area contributed by atoms with Gasteiger partial charge in [0, 0.05) is 32.6 Å². The van der Waals surface area contributed by atoms with E-state index in [1.165, 1.54) is 0 Å². The molecule has 0 bridgehead atoms. The second-order valence-corrected chi connectivity index (χ2v) is 9.96. The van der Waals surface area contributed by atoms with Gasteiger partial charge in [-0.1, -0.05) is 42.5 Å². The van der Waals surface area contributed by atoms with E-state index in [2.05, 4.69) is 5.32 Å². The lowest BCUT2D eigenvalue weighted by atomic mass is 10.0. The van der Waals surface area contributed by atoms with Crippen LogP contribution in [0.5, 0.6) is 5.75 Å². The summed E-state index contributed by atoms with van der Waals surface area (Å²) in [6.07, 6.45) is -0.157. The highest BCUT2D eigenvalue weighted by molar-refractivity contribution is 5.86. The van der Waals surface area contributed by atoms with E-state index in [-0.39, 0.29) is 12.5 Å². The molecule has 3 amide bonds. The molecule has 1 aliphatic rings. The molecule has 1 heterocycles. The van der Waals surface area contributed by atoms with Crippen LogP contribution in [-0.4, -0.2) is 72.8 Å². The van der Waals surface area contributed by atoms with Crippen LogP contribution in [0.2, 0.25) is 0 Å². The molecule has 1 fully saturated rings. The van der Waals surface area contributed by atoms with Gasteiger partial charge in [-0.05, 0) is 50.5 Å². The van der Waals surface area contributed by atoms with Crippen LogP contribution in [0.4, 0.5) is 9.59 Å². The minimum atomic E-state index is -0.820. The molecule has 1 N–H and O–H groups in total. The summed E-state index contributed by atoms with van der Waals surface area (Å²) in [5.74, 6) is 0.486. The molecule has 1 aliphatic heterocycles. The van der Waals surface area contributed by atoms with E-state index < -0.39 is 23.8 Å². The zero-order valence-electron chi connectivity index (χ0n) is 22.1. The highest BCUT2D eigenvalue weighted by atomic mass is 16.6. The Kier molecular flexibility index (Phi) is 9.77. The maximum atomic E-state index is 13.6. The highest BCUT2D eigenvalue weighted by Gasteiger charge is 2.30. The van der Waals surface area contributed by atoms with Crippen molar-refractivity contribution in [2.45, 2.75) is 51.9 Å². The minimum absolute atomic E-state index is 0.197. The number of methoxy groups -OCH3 is 1. The third-order valence-electron chi connectivity index (χ3n) is 5.86. The first-order chi connectivity index (χ1) is 17.6. The van der Waals surface area contributed by atoms with Crippen LogP contribution in [0.25, 0.3) is 0 Å². The van der Waals surface area contributed by atoms with E-state index in [1.54, 1.807) is 37.7 Å². The number of rotatable bonds is 7. The smallest absolute Gasteiger partial charge is 0.410 e. The number of ether oxygens (including phenoxy) is 3. The van der Waals surface area contributed by atoms with Crippen LogP contribution >= 0.6 is 0 Å².